The van der Waals surface area contributed by atoms with E-state index in [9.17, 15) is 0 Å². The lowest BCUT2D eigenvalue weighted by atomic mass is 10.2. The summed E-state index contributed by atoms with van der Waals surface area (Å²) in [6.45, 7) is 4.30. The van der Waals surface area contributed by atoms with Gasteiger partial charge in [-0.1, -0.05) is 6.92 Å². The van der Waals surface area contributed by atoms with Crippen molar-refractivity contribution in [2.45, 2.75) is 45.1 Å². The molecule has 3 rings (SSSR count). The van der Waals surface area contributed by atoms with Crippen molar-refractivity contribution in [3.8, 4) is 0 Å². The minimum Gasteiger partial charge on any atom is -0.383 e. The van der Waals surface area contributed by atoms with Gasteiger partial charge >= 0.3 is 0 Å². The summed E-state index contributed by atoms with van der Waals surface area (Å²) in [6, 6.07) is 0.331. The third kappa shape index (κ3) is 1.86. The van der Waals surface area contributed by atoms with Crippen LogP contribution >= 0.6 is 22.6 Å². The molecule has 0 unspecified atom stereocenters. The number of halogens is 1. The van der Waals surface area contributed by atoms with E-state index in [2.05, 4.69) is 46.5 Å². The Labute approximate surface area is 119 Å². The van der Waals surface area contributed by atoms with Crippen molar-refractivity contribution in [3.63, 3.8) is 0 Å². The molecule has 6 heteroatoms. The maximum absolute atomic E-state index is 6.07. The summed E-state index contributed by atoms with van der Waals surface area (Å²) in [5, 5.41) is 5.47. The number of hydrogen-bond acceptors (Lipinski definition) is 4. The number of anilines is 1. The molecule has 0 bridgehead atoms. The van der Waals surface area contributed by atoms with E-state index in [0.29, 0.717) is 17.8 Å². The number of nitrogen functional groups attached to an aromatic ring is 1. The van der Waals surface area contributed by atoms with Crippen LogP contribution in [0, 0.1) is 3.70 Å². The first-order valence-electron chi connectivity index (χ1n) is 6.33. The van der Waals surface area contributed by atoms with E-state index in [1.54, 1.807) is 0 Å². The molecule has 1 fully saturated rings. The molecule has 0 aromatic carbocycles. The largest absolute Gasteiger partial charge is 0.383 e. The van der Waals surface area contributed by atoms with Gasteiger partial charge in [0.2, 0.25) is 0 Å². The van der Waals surface area contributed by atoms with Crippen LogP contribution in [0.15, 0.2) is 0 Å². The fraction of sp³-hybridized carbons (Fsp3) is 0.583. The Bertz CT molecular complexity index is 602. The molecule has 1 atom stereocenters. The minimum atomic E-state index is 0.331. The molecule has 0 spiro atoms. The molecule has 2 heterocycles. The Hall–Kier alpha value is -0.920. The van der Waals surface area contributed by atoms with Crippen LogP contribution in [0.4, 0.5) is 5.82 Å². The number of hydrogen-bond donors (Lipinski definition) is 1. The molecule has 1 aliphatic rings. The van der Waals surface area contributed by atoms with Gasteiger partial charge in [0.25, 0.3) is 0 Å². The molecule has 96 valence electrons. The summed E-state index contributed by atoms with van der Waals surface area (Å²) in [4.78, 5) is 9.12. The van der Waals surface area contributed by atoms with Gasteiger partial charge in [0.1, 0.15) is 15.3 Å². The number of nitrogens with two attached hydrogens (primary N) is 1. The molecule has 0 aliphatic heterocycles. The molecule has 18 heavy (non-hydrogen) atoms. The number of fused-ring (bicyclic) bond motifs is 1. The van der Waals surface area contributed by atoms with Gasteiger partial charge in [-0.15, -0.1) is 0 Å². The van der Waals surface area contributed by atoms with Crippen molar-refractivity contribution in [2.24, 2.45) is 0 Å². The molecule has 2 aromatic heterocycles. The summed E-state index contributed by atoms with van der Waals surface area (Å²) in [5.41, 5.74) is 6.96. The minimum absolute atomic E-state index is 0.331. The topological polar surface area (TPSA) is 69.6 Å². The van der Waals surface area contributed by atoms with Gasteiger partial charge in [0, 0.05) is 5.92 Å². The predicted octanol–water partition coefficient (Wildman–Crippen LogP) is 2.86. The number of aromatic nitrogens is 4. The molecule has 0 amide bonds. The molecule has 2 N–H and O–H groups in total. The Morgan fingerprint density at radius 1 is 1.44 bits per heavy atom. The molecule has 1 saturated carbocycles. The first-order chi connectivity index (χ1) is 8.61. The van der Waals surface area contributed by atoms with Crippen LogP contribution in [-0.2, 0) is 0 Å². The van der Waals surface area contributed by atoms with Gasteiger partial charge in [0.05, 0.1) is 11.4 Å². The Morgan fingerprint density at radius 3 is 2.78 bits per heavy atom. The fourth-order valence-electron chi connectivity index (χ4n) is 2.04. The smallest absolute Gasteiger partial charge is 0.165 e. The van der Waals surface area contributed by atoms with Crippen molar-refractivity contribution < 1.29 is 0 Å². The zero-order valence-corrected chi connectivity index (χ0v) is 12.7. The maximum Gasteiger partial charge on any atom is 0.165 e. The predicted molar refractivity (Wildman–Crippen MR) is 79.4 cm³/mol. The van der Waals surface area contributed by atoms with Crippen LogP contribution < -0.4 is 5.73 Å². The first kappa shape index (κ1) is 12.1. The van der Waals surface area contributed by atoms with E-state index < -0.39 is 0 Å². The normalized spacial score (nSPS) is 17.3. The van der Waals surface area contributed by atoms with Crippen LogP contribution in [0.1, 0.15) is 50.9 Å². The zero-order chi connectivity index (χ0) is 12.9. The van der Waals surface area contributed by atoms with Crippen molar-refractivity contribution in [1.29, 1.82) is 0 Å². The quantitative estimate of drug-likeness (QED) is 0.858. The Balaban J connectivity index is 2.24. The zero-order valence-electron chi connectivity index (χ0n) is 10.5. The highest BCUT2D eigenvalue weighted by atomic mass is 127. The summed E-state index contributed by atoms with van der Waals surface area (Å²) < 4.78 is 2.88. The fourth-order valence-corrected chi connectivity index (χ4v) is 2.79. The van der Waals surface area contributed by atoms with E-state index in [1.807, 2.05) is 4.68 Å². The van der Waals surface area contributed by atoms with Crippen molar-refractivity contribution in [3.05, 3.63) is 9.53 Å². The molecule has 0 radical (unpaired) electrons. The van der Waals surface area contributed by atoms with E-state index in [-0.39, 0.29) is 0 Å². The SMILES string of the molecule is CC[C@H](C)n1nc(I)c2c(N)nc(C3CC3)nc21. The van der Waals surface area contributed by atoms with Crippen LogP contribution in [0.2, 0.25) is 0 Å². The van der Waals surface area contributed by atoms with Crippen molar-refractivity contribution in [1.82, 2.24) is 19.7 Å². The van der Waals surface area contributed by atoms with Gasteiger partial charge in [-0.05, 0) is 48.8 Å². The molecular weight excluding hydrogens is 341 g/mol. The standard InChI is InChI=1S/C12H16IN5/c1-3-6(2)18-12-8(9(13)17-18)10(14)15-11(16-12)7-4-5-7/h6-7H,3-5H2,1-2H3,(H2,14,15,16)/t6-/m0/s1. The summed E-state index contributed by atoms with van der Waals surface area (Å²) in [6.07, 6.45) is 3.38. The highest BCUT2D eigenvalue weighted by Crippen LogP contribution is 2.39. The lowest BCUT2D eigenvalue weighted by molar-refractivity contribution is 0.487. The Kier molecular flexibility index (Phi) is 2.91. The highest BCUT2D eigenvalue weighted by molar-refractivity contribution is 14.1. The average molecular weight is 357 g/mol. The van der Waals surface area contributed by atoms with Crippen molar-refractivity contribution in [2.75, 3.05) is 5.73 Å². The second-order valence-electron chi connectivity index (χ2n) is 4.93. The lowest BCUT2D eigenvalue weighted by Gasteiger charge is -2.10. The van der Waals surface area contributed by atoms with Gasteiger partial charge in [-0.25, -0.2) is 14.6 Å². The summed E-state index contributed by atoms with van der Waals surface area (Å²) in [7, 11) is 0. The average Bonchev–Trinajstić information content (AvgIpc) is 3.13. The van der Waals surface area contributed by atoms with Gasteiger partial charge in [0.15, 0.2) is 5.65 Å². The maximum atomic E-state index is 6.07. The third-order valence-electron chi connectivity index (χ3n) is 3.50. The van der Waals surface area contributed by atoms with Gasteiger partial charge in [-0.3, -0.25) is 0 Å². The van der Waals surface area contributed by atoms with Crippen LogP contribution in [0.3, 0.4) is 0 Å². The molecule has 1 aliphatic carbocycles. The van der Waals surface area contributed by atoms with Gasteiger partial charge < -0.3 is 5.73 Å². The summed E-state index contributed by atoms with van der Waals surface area (Å²) >= 11 is 2.21. The Morgan fingerprint density at radius 2 is 2.17 bits per heavy atom. The van der Waals surface area contributed by atoms with E-state index in [4.69, 9.17) is 10.7 Å². The third-order valence-corrected chi connectivity index (χ3v) is 4.26. The monoisotopic (exact) mass is 357 g/mol. The summed E-state index contributed by atoms with van der Waals surface area (Å²) in [5.74, 6) is 1.97. The molecule has 5 nitrogen and oxygen atoms in total. The van der Waals surface area contributed by atoms with E-state index in [1.165, 1.54) is 12.8 Å². The van der Waals surface area contributed by atoms with Crippen LogP contribution in [0.5, 0.6) is 0 Å². The second-order valence-corrected chi connectivity index (χ2v) is 5.95. The molecular formula is C12H16IN5. The van der Waals surface area contributed by atoms with Gasteiger partial charge in [-0.2, -0.15) is 5.10 Å². The second kappa shape index (κ2) is 4.32. The molecule has 2 aromatic rings. The van der Waals surface area contributed by atoms with E-state index >= 15 is 0 Å². The lowest BCUT2D eigenvalue weighted by Crippen LogP contribution is -2.08. The van der Waals surface area contributed by atoms with E-state index in [0.717, 1.165) is 27.0 Å². The molecule has 0 saturated heterocycles. The van der Waals surface area contributed by atoms with Crippen molar-refractivity contribution >= 4 is 39.4 Å². The van der Waals surface area contributed by atoms with Crippen LogP contribution in [0.25, 0.3) is 11.0 Å². The first-order valence-corrected chi connectivity index (χ1v) is 7.40. The van der Waals surface area contributed by atoms with Crippen LogP contribution in [-0.4, -0.2) is 19.7 Å². The number of rotatable bonds is 3. The highest BCUT2D eigenvalue weighted by Gasteiger charge is 2.29. The number of nitrogens with zero attached hydrogens (tertiary/aromatic N) is 4.